The van der Waals surface area contributed by atoms with Gasteiger partial charge in [0, 0.05) is 29.7 Å². The minimum Gasteiger partial charge on any atom is -0.424 e. The zero-order valence-corrected chi connectivity index (χ0v) is 19.4. The molecule has 4 aromatic rings. The predicted molar refractivity (Wildman–Crippen MR) is 131 cm³/mol. The standard InChI is InChI=1S/C27H25ClFN3O2/c28-21-7-3-5-18(13-21)16-30-27-31-24-15-20(11-12-25(24)34-27)26(33)32(23-9-1-2-10-23)17-19-6-4-8-22(29)14-19/h3-8,11-15,23H,1-2,9-10,16-17H2,(H,30,31). The molecule has 1 heterocycles. The van der Waals surface area contributed by atoms with Crippen molar-refractivity contribution in [1.29, 1.82) is 0 Å². The smallest absolute Gasteiger partial charge is 0.295 e. The molecule has 5 rings (SSSR count). The molecule has 3 aromatic carbocycles. The number of hydrogen-bond acceptors (Lipinski definition) is 4. The molecule has 1 aromatic heterocycles. The molecular weight excluding hydrogens is 453 g/mol. The Morgan fingerprint density at radius 3 is 2.65 bits per heavy atom. The van der Waals surface area contributed by atoms with E-state index >= 15 is 0 Å². The number of fused-ring (bicyclic) bond motifs is 1. The number of hydrogen-bond donors (Lipinski definition) is 1. The van der Waals surface area contributed by atoms with Crippen molar-refractivity contribution in [2.45, 2.75) is 44.8 Å². The fourth-order valence-electron chi connectivity index (χ4n) is 4.54. The first-order chi connectivity index (χ1) is 16.5. The first-order valence-corrected chi connectivity index (χ1v) is 11.9. The Kier molecular flexibility index (Phi) is 6.50. The number of benzene rings is 3. The van der Waals surface area contributed by atoms with Crippen molar-refractivity contribution in [2.75, 3.05) is 5.32 Å². The van der Waals surface area contributed by atoms with E-state index < -0.39 is 0 Å². The molecule has 174 valence electrons. The zero-order chi connectivity index (χ0) is 23.5. The third-order valence-corrected chi connectivity index (χ3v) is 6.47. The van der Waals surface area contributed by atoms with Gasteiger partial charge in [-0.05, 0) is 66.4 Å². The van der Waals surface area contributed by atoms with Gasteiger partial charge in [-0.25, -0.2) is 4.39 Å². The summed E-state index contributed by atoms with van der Waals surface area (Å²) in [4.78, 5) is 20.0. The number of nitrogens with zero attached hydrogens (tertiary/aromatic N) is 2. The van der Waals surface area contributed by atoms with Crippen LogP contribution in [0.5, 0.6) is 0 Å². The summed E-state index contributed by atoms with van der Waals surface area (Å²) >= 11 is 6.05. The number of aromatic nitrogens is 1. The Bertz CT molecular complexity index is 1320. The molecule has 0 atom stereocenters. The molecule has 5 nitrogen and oxygen atoms in total. The lowest BCUT2D eigenvalue weighted by molar-refractivity contribution is 0.0664. The Hall–Kier alpha value is -3.38. The molecule has 1 amide bonds. The van der Waals surface area contributed by atoms with E-state index in [1.807, 2.05) is 35.2 Å². The molecule has 1 N–H and O–H groups in total. The van der Waals surface area contributed by atoms with Crippen LogP contribution in [0.4, 0.5) is 10.4 Å². The first kappa shape index (κ1) is 22.4. The van der Waals surface area contributed by atoms with E-state index in [9.17, 15) is 9.18 Å². The molecule has 0 radical (unpaired) electrons. The number of amides is 1. The number of carbonyl (C=O) groups excluding carboxylic acids is 1. The second kappa shape index (κ2) is 9.85. The van der Waals surface area contributed by atoms with E-state index in [4.69, 9.17) is 16.0 Å². The minimum atomic E-state index is -0.293. The van der Waals surface area contributed by atoms with Crippen LogP contribution in [0.25, 0.3) is 11.1 Å². The lowest BCUT2D eigenvalue weighted by atomic mass is 10.1. The van der Waals surface area contributed by atoms with Crippen LogP contribution >= 0.6 is 11.6 Å². The summed E-state index contributed by atoms with van der Waals surface area (Å²) in [6, 6.07) is 19.9. The Labute approximate surface area is 202 Å². The highest BCUT2D eigenvalue weighted by Gasteiger charge is 2.28. The number of anilines is 1. The van der Waals surface area contributed by atoms with E-state index in [1.165, 1.54) is 12.1 Å². The molecular formula is C27H25ClFN3O2. The molecule has 34 heavy (non-hydrogen) atoms. The summed E-state index contributed by atoms with van der Waals surface area (Å²) in [5.41, 5.74) is 3.55. The van der Waals surface area contributed by atoms with Crippen LogP contribution in [0.3, 0.4) is 0 Å². The SMILES string of the molecule is O=C(c1ccc2oc(NCc3cccc(Cl)c3)nc2c1)N(Cc1cccc(F)c1)C1CCCC1. The fourth-order valence-corrected chi connectivity index (χ4v) is 4.75. The van der Waals surface area contributed by atoms with Gasteiger partial charge >= 0.3 is 0 Å². The highest BCUT2D eigenvalue weighted by atomic mass is 35.5. The molecule has 0 aliphatic heterocycles. The van der Waals surface area contributed by atoms with Gasteiger partial charge in [-0.2, -0.15) is 4.98 Å². The topological polar surface area (TPSA) is 58.4 Å². The van der Waals surface area contributed by atoms with Crippen LogP contribution in [0.15, 0.2) is 71.1 Å². The van der Waals surface area contributed by atoms with Crippen LogP contribution in [-0.4, -0.2) is 21.8 Å². The maximum absolute atomic E-state index is 13.8. The summed E-state index contributed by atoms with van der Waals surface area (Å²) in [5, 5.41) is 3.84. The van der Waals surface area contributed by atoms with Gasteiger partial charge in [-0.3, -0.25) is 4.79 Å². The summed E-state index contributed by atoms with van der Waals surface area (Å²) in [7, 11) is 0. The average Bonchev–Trinajstić information content (AvgIpc) is 3.50. The van der Waals surface area contributed by atoms with Gasteiger partial charge < -0.3 is 14.6 Å². The van der Waals surface area contributed by atoms with Crippen molar-refractivity contribution in [1.82, 2.24) is 9.88 Å². The maximum atomic E-state index is 13.8. The van der Waals surface area contributed by atoms with E-state index in [0.717, 1.165) is 36.8 Å². The summed E-state index contributed by atoms with van der Waals surface area (Å²) < 4.78 is 19.6. The molecule has 0 unspecified atom stereocenters. The van der Waals surface area contributed by atoms with Crippen LogP contribution in [0, 0.1) is 5.82 Å². The Balaban J connectivity index is 1.36. The first-order valence-electron chi connectivity index (χ1n) is 11.5. The average molecular weight is 478 g/mol. The van der Waals surface area contributed by atoms with Gasteiger partial charge in [0.25, 0.3) is 11.9 Å². The zero-order valence-electron chi connectivity index (χ0n) is 18.6. The van der Waals surface area contributed by atoms with Crippen molar-refractivity contribution >= 4 is 34.6 Å². The van der Waals surface area contributed by atoms with E-state index in [2.05, 4.69) is 10.3 Å². The third-order valence-electron chi connectivity index (χ3n) is 6.24. The molecule has 1 aliphatic rings. The minimum absolute atomic E-state index is 0.0745. The van der Waals surface area contributed by atoms with Gasteiger partial charge in [-0.15, -0.1) is 0 Å². The predicted octanol–water partition coefficient (Wildman–Crippen LogP) is 6.82. The number of rotatable bonds is 7. The lowest BCUT2D eigenvalue weighted by Gasteiger charge is -2.29. The van der Waals surface area contributed by atoms with E-state index in [-0.39, 0.29) is 17.8 Å². The quantitative estimate of drug-likeness (QED) is 0.317. The second-order valence-electron chi connectivity index (χ2n) is 8.69. The Morgan fingerprint density at radius 1 is 1.06 bits per heavy atom. The van der Waals surface area contributed by atoms with E-state index in [0.29, 0.717) is 40.8 Å². The summed E-state index contributed by atoms with van der Waals surface area (Å²) in [5.74, 6) is -0.368. The van der Waals surface area contributed by atoms with Gasteiger partial charge in [0.1, 0.15) is 11.3 Å². The highest BCUT2D eigenvalue weighted by molar-refractivity contribution is 6.30. The third kappa shape index (κ3) is 5.07. The van der Waals surface area contributed by atoms with Gasteiger partial charge in [0.15, 0.2) is 5.58 Å². The fraction of sp³-hybridized carbons (Fsp3) is 0.259. The Morgan fingerprint density at radius 2 is 1.85 bits per heavy atom. The van der Waals surface area contributed by atoms with Crippen molar-refractivity contribution in [2.24, 2.45) is 0 Å². The normalized spacial score (nSPS) is 13.9. The van der Waals surface area contributed by atoms with Gasteiger partial charge in [-0.1, -0.05) is 48.7 Å². The van der Waals surface area contributed by atoms with Crippen molar-refractivity contribution < 1.29 is 13.6 Å². The maximum Gasteiger partial charge on any atom is 0.295 e. The van der Waals surface area contributed by atoms with Crippen molar-refractivity contribution in [3.63, 3.8) is 0 Å². The highest BCUT2D eigenvalue weighted by Crippen LogP contribution is 2.28. The summed E-state index contributed by atoms with van der Waals surface area (Å²) in [6.07, 6.45) is 4.12. The molecule has 7 heteroatoms. The number of oxazole rings is 1. The number of halogens is 2. The summed E-state index contributed by atoms with van der Waals surface area (Å²) in [6.45, 7) is 0.896. The van der Waals surface area contributed by atoms with Gasteiger partial charge in [0.05, 0.1) is 0 Å². The monoisotopic (exact) mass is 477 g/mol. The molecule has 1 saturated carbocycles. The molecule has 0 spiro atoms. The van der Waals surface area contributed by atoms with E-state index in [1.54, 1.807) is 24.3 Å². The van der Waals surface area contributed by atoms with Crippen LogP contribution < -0.4 is 5.32 Å². The molecule has 0 bridgehead atoms. The van der Waals surface area contributed by atoms with Crippen LogP contribution in [-0.2, 0) is 13.1 Å². The second-order valence-corrected chi connectivity index (χ2v) is 9.12. The molecule has 0 saturated heterocycles. The number of carbonyl (C=O) groups is 1. The van der Waals surface area contributed by atoms with Crippen molar-refractivity contribution in [3.8, 4) is 0 Å². The largest absolute Gasteiger partial charge is 0.424 e. The van der Waals surface area contributed by atoms with Crippen molar-refractivity contribution in [3.05, 3.63) is 94.3 Å². The molecule has 1 fully saturated rings. The van der Waals surface area contributed by atoms with Crippen LogP contribution in [0.1, 0.15) is 47.2 Å². The van der Waals surface area contributed by atoms with Gasteiger partial charge in [0.2, 0.25) is 0 Å². The number of nitrogens with one attached hydrogen (secondary N) is 1. The van der Waals surface area contributed by atoms with Crippen LogP contribution in [0.2, 0.25) is 5.02 Å². The molecule has 1 aliphatic carbocycles. The lowest BCUT2D eigenvalue weighted by Crippen LogP contribution is -2.38.